The van der Waals surface area contributed by atoms with Gasteiger partial charge in [-0.25, -0.2) is 0 Å². The quantitative estimate of drug-likeness (QED) is 0.710. The zero-order valence-electron chi connectivity index (χ0n) is 8.37. The lowest BCUT2D eigenvalue weighted by molar-refractivity contribution is 0.101. The van der Waals surface area contributed by atoms with Crippen LogP contribution < -0.4 is 11.1 Å². The van der Waals surface area contributed by atoms with E-state index in [-0.39, 0.29) is 11.8 Å². The maximum Gasteiger partial charge on any atom is 0.293 e. The van der Waals surface area contributed by atoms with Gasteiger partial charge >= 0.3 is 0 Å². The summed E-state index contributed by atoms with van der Waals surface area (Å²) in [5, 5.41) is 9.04. The number of aromatic nitrogens is 3. The molecule has 0 aliphatic heterocycles. The van der Waals surface area contributed by atoms with Crippen LogP contribution in [0.4, 0.5) is 11.6 Å². The Morgan fingerprint density at radius 2 is 2.29 bits per heavy atom. The van der Waals surface area contributed by atoms with Gasteiger partial charge in [0.25, 0.3) is 5.91 Å². The minimum absolute atomic E-state index is 0.0175. The molecule has 0 atom stereocenters. The van der Waals surface area contributed by atoms with E-state index in [1.54, 1.807) is 12.1 Å². The number of nitrogens with two attached hydrogens (primary N) is 1. The van der Waals surface area contributed by atoms with Crippen LogP contribution in [-0.4, -0.2) is 21.1 Å². The molecule has 0 bridgehead atoms. The summed E-state index contributed by atoms with van der Waals surface area (Å²) in [6, 6.07) is 5.28. The fourth-order valence-corrected chi connectivity index (χ4v) is 2.05. The molecule has 1 heterocycles. The second-order valence-corrected chi connectivity index (χ2v) is 4.77. The monoisotopic (exact) mass is 363 g/mol. The largest absolute Gasteiger partial charge is 0.366 e. The summed E-state index contributed by atoms with van der Waals surface area (Å²) >= 11 is 8.10. The van der Waals surface area contributed by atoms with Gasteiger partial charge in [-0.05, 0) is 40.8 Å². The van der Waals surface area contributed by atoms with Crippen LogP contribution in [0.15, 0.2) is 18.2 Å². The molecule has 0 spiro atoms. The standard InChI is InChI=1S/C9H7ClIN5O/c10-5-3-4(11)1-2-6(5)13-8(17)7-14-9(12)16-15-7/h1-3H,(H,13,17)(H3,12,14,15,16). The topological polar surface area (TPSA) is 96.7 Å². The van der Waals surface area contributed by atoms with Crippen molar-refractivity contribution in [1.29, 1.82) is 0 Å². The summed E-state index contributed by atoms with van der Waals surface area (Å²) in [6.07, 6.45) is 0. The highest BCUT2D eigenvalue weighted by molar-refractivity contribution is 14.1. The molecule has 0 saturated heterocycles. The third-order valence-corrected chi connectivity index (χ3v) is 2.88. The number of nitrogens with zero attached hydrogens (tertiary/aromatic N) is 2. The van der Waals surface area contributed by atoms with Gasteiger partial charge in [-0.15, -0.1) is 5.10 Å². The van der Waals surface area contributed by atoms with Gasteiger partial charge in [0.2, 0.25) is 11.8 Å². The van der Waals surface area contributed by atoms with Gasteiger partial charge in [-0.2, -0.15) is 4.98 Å². The SMILES string of the molecule is Nc1n[nH]c(C(=O)Nc2ccc(I)cc2Cl)n1. The molecule has 88 valence electrons. The van der Waals surface area contributed by atoms with Crippen LogP contribution in [0.25, 0.3) is 0 Å². The number of hydrogen-bond acceptors (Lipinski definition) is 4. The number of halogens is 2. The molecule has 8 heteroatoms. The third kappa shape index (κ3) is 2.86. The van der Waals surface area contributed by atoms with E-state index in [0.29, 0.717) is 10.7 Å². The smallest absolute Gasteiger partial charge is 0.293 e. The van der Waals surface area contributed by atoms with Crippen molar-refractivity contribution in [3.05, 3.63) is 32.6 Å². The van der Waals surface area contributed by atoms with E-state index in [0.717, 1.165) is 3.57 Å². The van der Waals surface area contributed by atoms with Crippen molar-refractivity contribution in [3.8, 4) is 0 Å². The molecule has 0 saturated carbocycles. The Morgan fingerprint density at radius 1 is 1.53 bits per heavy atom. The van der Waals surface area contributed by atoms with Crippen LogP contribution in [-0.2, 0) is 0 Å². The van der Waals surface area contributed by atoms with Gasteiger partial charge in [0.05, 0.1) is 10.7 Å². The summed E-state index contributed by atoms with van der Waals surface area (Å²) in [5.74, 6) is -0.390. The Morgan fingerprint density at radius 3 is 2.88 bits per heavy atom. The van der Waals surface area contributed by atoms with E-state index >= 15 is 0 Å². The average Bonchev–Trinajstić information content (AvgIpc) is 2.69. The Bertz CT molecular complexity index is 570. The van der Waals surface area contributed by atoms with Crippen molar-refractivity contribution < 1.29 is 4.79 Å². The fourth-order valence-electron chi connectivity index (χ4n) is 1.15. The molecule has 2 rings (SSSR count). The van der Waals surface area contributed by atoms with E-state index < -0.39 is 5.91 Å². The van der Waals surface area contributed by atoms with Crippen molar-refractivity contribution in [2.45, 2.75) is 0 Å². The summed E-state index contributed by atoms with van der Waals surface area (Å²) in [4.78, 5) is 15.4. The molecule has 1 aromatic carbocycles. The molecule has 0 aliphatic rings. The molecule has 2 aromatic rings. The molecular weight excluding hydrogens is 356 g/mol. The van der Waals surface area contributed by atoms with Crippen molar-refractivity contribution in [1.82, 2.24) is 15.2 Å². The molecule has 6 nitrogen and oxygen atoms in total. The average molecular weight is 364 g/mol. The first-order chi connectivity index (χ1) is 8.06. The van der Waals surface area contributed by atoms with Crippen molar-refractivity contribution in [2.24, 2.45) is 0 Å². The molecule has 0 aliphatic carbocycles. The van der Waals surface area contributed by atoms with E-state index in [9.17, 15) is 4.79 Å². The van der Waals surface area contributed by atoms with Gasteiger partial charge < -0.3 is 11.1 Å². The third-order valence-electron chi connectivity index (χ3n) is 1.90. The van der Waals surface area contributed by atoms with Crippen LogP contribution in [0.2, 0.25) is 5.02 Å². The zero-order valence-corrected chi connectivity index (χ0v) is 11.3. The molecule has 1 amide bonds. The maximum atomic E-state index is 11.7. The number of aromatic amines is 1. The molecule has 4 N–H and O–H groups in total. The van der Waals surface area contributed by atoms with E-state index in [1.165, 1.54) is 0 Å². The lowest BCUT2D eigenvalue weighted by Crippen LogP contribution is -2.14. The molecule has 0 radical (unpaired) electrons. The number of anilines is 2. The molecule has 1 aromatic heterocycles. The van der Waals surface area contributed by atoms with Gasteiger partial charge in [-0.1, -0.05) is 11.6 Å². The minimum Gasteiger partial charge on any atom is -0.366 e. The predicted molar refractivity (Wildman–Crippen MR) is 72.9 cm³/mol. The van der Waals surface area contributed by atoms with E-state index in [1.807, 2.05) is 6.07 Å². The molecule has 0 fully saturated rings. The Kier molecular flexibility index (Phi) is 3.48. The molecule has 17 heavy (non-hydrogen) atoms. The van der Waals surface area contributed by atoms with Crippen molar-refractivity contribution >= 4 is 51.7 Å². The Hall–Kier alpha value is -1.35. The van der Waals surface area contributed by atoms with Crippen molar-refractivity contribution in [2.75, 3.05) is 11.1 Å². The number of amides is 1. The molecule has 0 unspecified atom stereocenters. The first kappa shape index (κ1) is 12.1. The first-order valence-electron chi connectivity index (χ1n) is 4.50. The second kappa shape index (κ2) is 4.88. The van der Waals surface area contributed by atoms with Crippen LogP contribution in [0.3, 0.4) is 0 Å². The Balaban J connectivity index is 2.18. The number of nitrogen functional groups attached to an aromatic ring is 1. The number of carbonyl (C=O) groups is 1. The highest BCUT2D eigenvalue weighted by atomic mass is 127. The second-order valence-electron chi connectivity index (χ2n) is 3.12. The number of carbonyl (C=O) groups excluding carboxylic acids is 1. The van der Waals surface area contributed by atoms with Crippen LogP contribution in [0.5, 0.6) is 0 Å². The lowest BCUT2D eigenvalue weighted by Gasteiger charge is -2.05. The normalized spacial score (nSPS) is 10.2. The van der Waals surface area contributed by atoms with Crippen molar-refractivity contribution in [3.63, 3.8) is 0 Å². The molecular formula is C9H7ClIN5O. The van der Waals surface area contributed by atoms with Crippen LogP contribution >= 0.6 is 34.2 Å². The number of H-pyrrole nitrogens is 1. The predicted octanol–water partition coefficient (Wildman–Crippen LogP) is 1.90. The first-order valence-corrected chi connectivity index (χ1v) is 5.96. The fraction of sp³-hybridized carbons (Fsp3) is 0. The number of rotatable bonds is 2. The van der Waals surface area contributed by atoms with Crippen LogP contribution in [0.1, 0.15) is 10.6 Å². The van der Waals surface area contributed by atoms with E-state index in [4.69, 9.17) is 17.3 Å². The highest BCUT2D eigenvalue weighted by Gasteiger charge is 2.12. The number of benzene rings is 1. The Labute approximate surface area is 115 Å². The maximum absolute atomic E-state index is 11.7. The van der Waals surface area contributed by atoms with Gasteiger partial charge in [0.15, 0.2) is 0 Å². The summed E-state index contributed by atoms with van der Waals surface area (Å²) in [7, 11) is 0. The lowest BCUT2D eigenvalue weighted by atomic mass is 10.3. The summed E-state index contributed by atoms with van der Waals surface area (Å²) in [6.45, 7) is 0. The summed E-state index contributed by atoms with van der Waals surface area (Å²) < 4.78 is 0.981. The van der Waals surface area contributed by atoms with E-state index in [2.05, 4.69) is 43.1 Å². The minimum atomic E-state index is -0.447. The number of hydrogen-bond donors (Lipinski definition) is 3. The summed E-state index contributed by atoms with van der Waals surface area (Å²) in [5.41, 5.74) is 5.81. The van der Waals surface area contributed by atoms with Gasteiger partial charge in [0.1, 0.15) is 0 Å². The number of nitrogens with one attached hydrogen (secondary N) is 2. The van der Waals surface area contributed by atoms with Gasteiger partial charge in [0, 0.05) is 3.57 Å². The zero-order chi connectivity index (χ0) is 12.4. The highest BCUT2D eigenvalue weighted by Crippen LogP contribution is 2.24. The van der Waals surface area contributed by atoms with Gasteiger partial charge in [-0.3, -0.25) is 9.89 Å². The van der Waals surface area contributed by atoms with Crippen LogP contribution in [0, 0.1) is 3.57 Å².